The summed E-state index contributed by atoms with van der Waals surface area (Å²) in [5.74, 6) is 0. The van der Waals surface area contributed by atoms with E-state index in [0.29, 0.717) is 47.1 Å². The van der Waals surface area contributed by atoms with E-state index in [0.717, 1.165) is 0 Å². The van der Waals surface area contributed by atoms with E-state index in [-0.39, 0.29) is 43.2 Å². The quantitative estimate of drug-likeness (QED) is 0.519. The van der Waals surface area contributed by atoms with Gasteiger partial charge in [0.1, 0.15) is 0 Å². The maximum absolute atomic E-state index is 4.95. The molecular weight excluding hydrogens is 242 g/mol. The zero-order valence-electron chi connectivity index (χ0n) is 3.34. The normalized spacial score (nSPS) is 2.43. The van der Waals surface area contributed by atoms with Gasteiger partial charge < -0.3 is 5.48 Å². The Balaban J connectivity index is -0.0000000105. The molecule has 0 aromatic rings. The summed E-state index contributed by atoms with van der Waals surface area (Å²) in [7, 11) is 0. The monoisotopic (exact) mass is 244 g/mol. The minimum atomic E-state index is -0.931. The van der Waals surface area contributed by atoms with Gasteiger partial charge in [0.05, 0.1) is 0 Å². The van der Waals surface area contributed by atoms with Crippen LogP contribution in [0.25, 0.3) is 0 Å². The molecule has 0 aliphatic heterocycles. The third-order valence-corrected chi connectivity index (χ3v) is 0. The van der Waals surface area contributed by atoms with Crippen molar-refractivity contribution in [3.8, 4) is 0 Å². The standard InChI is InChI=1S/2Ca.3ClH.K.H2O.2H/h;;3*1H;;1H2;;/q;+2;;;;+1;;;/p-3. The number of halogens is 3. The van der Waals surface area contributed by atoms with E-state index in [2.05, 4.69) is 0 Å². The molecule has 7 heavy (non-hydrogen) atoms. The van der Waals surface area contributed by atoms with Crippen molar-refractivity contribution in [1.29, 1.82) is 0 Å². The summed E-state index contributed by atoms with van der Waals surface area (Å²) in [4.78, 5) is 0. The van der Waals surface area contributed by atoms with Gasteiger partial charge in [-0.15, -0.1) is 0 Å². The summed E-state index contributed by atoms with van der Waals surface area (Å²) < 4.78 is 4.83. The number of hydrogen-bond donors (Lipinski definition) is 0. The molecule has 7 heteroatoms. The second-order valence-corrected chi connectivity index (χ2v) is 3.75. The van der Waals surface area contributed by atoms with Crippen molar-refractivity contribution >= 4 is 132 Å². The van der Waals surface area contributed by atoms with Crippen LogP contribution in [0.1, 0.15) is 0 Å². The fraction of sp³-hybridized carbons (Fsp3) is 0. The molecule has 2 N–H and O–H groups in total. The first-order valence-electron chi connectivity index (χ1n) is 0.912. The summed E-state index contributed by atoms with van der Waals surface area (Å²) in [5.41, 5.74) is 0. The predicted octanol–water partition coefficient (Wildman–Crippen LogP) is -0.434. The Morgan fingerprint density at radius 3 is 1.14 bits per heavy atom. The van der Waals surface area contributed by atoms with Crippen molar-refractivity contribution in [2.75, 3.05) is 0 Å². The van der Waals surface area contributed by atoms with Gasteiger partial charge >= 0.3 is 132 Å². The molecule has 0 aliphatic rings. The molecule has 0 amide bonds. The van der Waals surface area contributed by atoms with E-state index in [9.17, 15) is 0 Å². The fourth-order valence-electron chi connectivity index (χ4n) is 0. The summed E-state index contributed by atoms with van der Waals surface area (Å²) in [6.45, 7) is 0. The van der Waals surface area contributed by atoms with Crippen molar-refractivity contribution in [2.45, 2.75) is 0 Å². The first-order chi connectivity index (χ1) is 2.41. The Kier molecular flexibility index (Phi) is 99.1. The molecule has 0 aromatic carbocycles. The van der Waals surface area contributed by atoms with Crippen LogP contribution in [0.5, 0.6) is 0 Å². The maximum atomic E-state index is 4.95. The van der Waals surface area contributed by atoms with Crippen LogP contribution in [0.2, 0.25) is 0 Å². The van der Waals surface area contributed by atoms with Crippen molar-refractivity contribution in [1.82, 2.24) is 0 Å². The summed E-state index contributed by atoms with van der Waals surface area (Å²) in [6.07, 6.45) is 9.90. The van der Waals surface area contributed by atoms with Crippen LogP contribution in [0.3, 0.4) is 0 Å². The van der Waals surface area contributed by atoms with Crippen LogP contribution in [-0.4, -0.2) is 121 Å². The van der Waals surface area contributed by atoms with Gasteiger partial charge in [0.2, 0.25) is 0 Å². The molecule has 0 fully saturated rings. The van der Waals surface area contributed by atoms with Crippen LogP contribution in [-0.2, 0) is 0 Å². The van der Waals surface area contributed by atoms with Crippen LogP contribution in [0, 0.1) is 0 Å². The third-order valence-electron chi connectivity index (χ3n) is 0. The number of rotatable bonds is 0. The zero-order valence-corrected chi connectivity index (χ0v) is 10.9. The second-order valence-electron chi connectivity index (χ2n) is 0.101. The Hall–Kier alpha value is 4.99. The Morgan fingerprint density at radius 1 is 1.14 bits per heavy atom. The van der Waals surface area contributed by atoms with Crippen LogP contribution in [0.15, 0.2) is 0 Å². The van der Waals surface area contributed by atoms with Gasteiger partial charge in [0.15, 0.2) is 0 Å². The van der Waals surface area contributed by atoms with Gasteiger partial charge in [-0.2, -0.15) is 0 Å². The molecule has 0 heterocycles. The van der Waals surface area contributed by atoms with Gasteiger partial charge in [-0.1, -0.05) is 0 Å². The van der Waals surface area contributed by atoms with E-state index in [1.54, 1.807) is 0 Å². The van der Waals surface area contributed by atoms with Gasteiger partial charge in [-0.3, -0.25) is 0 Å². The number of hydrogen-bond acceptors (Lipinski definition) is 0. The summed E-state index contributed by atoms with van der Waals surface area (Å²) >= 11 is -0.396. The van der Waals surface area contributed by atoms with Gasteiger partial charge in [-0.25, -0.2) is 0 Å². The zero-order chi connectivity index (χ0) is 4.71. The van der Waals surface area contributed by atoms with Crippen LogP contribution >= 0.6 is 16.5 Å². The SMILES string of the molecule is O.[CaH2].[Cl][Ca][Cl].[Cl][K]. The summed E-state index contributed by atoms with van der Waals surface area (Å²) in [6, 6.07) is 0. The molecule has 1 nitrogen and oxygen atoms in total. The molecule has 36 valence electrons. The van der Waals surface area contributed by atoms with Crippen molar-refractivity contribution in [3.63, 3.8) is 0 Å². The first kappa shape index (κ1) is 22.7. The first-order valence-corrected chi connectivity index (χ1v) is 11.3. The van der Waals surface area contributed by atoms with E-state index in [1.165, 1.54) is 0 Å². The molecule has 0 rings (SSSR count). The average Bonchev–Trinajstić information content (AvgIpc) is 1.46. The predicted molar refractivity (Wildman–Crippen MR) is 41.2 cm³/mol. The molecular formula is H4Ca2Cl3KO. The van der Waals surface area contributed by atoms with Crippen molar-refractivity contribution < 1.29 is 5.48 Å². The molecule has 0 unspecified atom stereocenters. The topological polar surface area (TPSA) is 31.5 Å². The molecule has 0 spiro atoms. The Labute approximate surface area is 133 Å². The molecule has 0 bridgehead atoms. The molecule has 0 atom stereocenters. The van der Waals surface area contributed by atoms with Gasteiger partial charge in [0.25, 0.3) is 0 Å². The average molecular weight is 246 g/mol. The van der Waals surface area contributed by atoms with E-state index in [1.807, 2.05) is 0 Å². The van der Waals surface area contributed by atoms with Crippen LogP contribution < -0.4 is 0 Å². The van der Waals surface area contributed by atoms with Crippen molar-refractivity contribution in [3.05, 3.63) is 0 Å². The summed E-state index contributed by atoms with van der Waals surface area (Å²) in [5, 5.41) is 0. The molecule has 0 saturated heterocycles. The van der Waals surface area contributed by atoms with Crippen LogP contribution in [0.4, 0.5) is 0 Å². The molecule has 0 aliphatic carbocycles. The van der Waals surface area contributed by atoms with E-state index >= 15 is 0 Å². The third kappa shape index (κ3) is 35.7. The Morgan fingerprint density at radius 2 is 1.14 bits per heavy atom. The van der Waals surface area contributed by atoms with Gasteiger partial charge in [0, 0.05) is 0 Å². The minimum absolute atomic E-state index is 0. The van der Waals surface area contributed by atoms with E-state index in [4.69, 9.17) is 16.5 Å². The second kappa shape index (κ2) is 30.6. The molecule has 0 aromatic heterocycles. The molecule has 0 saturated carbocycles. The molecule has 0 radical (unpaired) electrons. The van der Waals surface area contributed by atoms with Gasteiger partial charge in [-0.05, 0) is 0 Å². The van der Waals surface area contributed by atoms with Crippen molar-refractivity contribution in [2.24, 2.45) is 0 Å². The van der Waals surface area contributed by atoms with E-state index < -0.39 is 30.8 Å². The Bertz CT molecular complexity index is 12.9. The fourth-order valence-corrected chi connectivity index (χ4v) is 0.